The SMILES string of the molecule is COc1c(O)c2c(=O)cc(CO)c3c4c(CO)cc(=O)c5c(O)c(OC)c6c(c(c1CC(C)=C6C(C)=O)c23)c54.COc1c(O)c2c(O)cc(CO)c3c4c(CO)cc(O)c5c4c4c(c1C(C(C)=O)C(C)=CC=4C1=N[C@@H]4CCCC[C@@H]4NC15)c23.COc1c(O)c2c(O)cc(CO)c3c4c(CO)cc(O)c5c4c4c(c1C(C(C)=O)C(C)=CC=4C1=N[C@H]4CCCC[C@H]4NC15)c23.NC1CCCCC1N. The quantitative estimate of drug-likeness (QED) is 0.0376. The number of aliphatic hydroxyl groups excluding tert-OH is 6. The number of phenolic OH excluding ortho intramolecular Hbond substituents is 8. The molecular formula is C106H106N6O23. The maximum atomic E-state index is 13.5. The Kier molecular flexibility index (Phi) is 22.2. The Morgan fingerprint density at radius 1 is 0.385 bits per heavy atom. The van der Waals surface area contributed by atoms with Crippen LogP contribution in [0.2, 0.25) is 0 Å². The molecule has 0 amide bonds. The number of methoxy groups -OCH3 is 4. The van der Waals surface area contributed by atoms with Gasteiger partial charge in [-0.2, -0.15) is 0 Å². The van der Waals surface area contributed by atoms with Crippen molar-refractivity contribution in [3.8, 4) is 69.0 Å². The number of ketones is 3. The number of aliphatic hydroxyl groups is 6. The van der Waals surface area contributed by atoms with Crippen LogP contribution >= 0.6 is 0 Å². The Balaban J connectivity index is 0.000000120. The molecule has 0 radical (unpaired) electrons. The van der Waals surface area contributed by atoms with Gasteiger partial charge < -0.3 is 102 Å². The van der Waals surface area contributed by atoms with Crippen LogP contribution in [-0.4, -0.2) is 165 Å². The van der Waals surface area contributed by atoms with Crippen LogP contribution in [0.1, 0.15) is 209 Å². The van der Waals surface area contributed by atoms with Gasteiger partial charge in [-0.15, -0.1) is 0 Å². The van der Waals surface area contributed by atoms with Crippen molar-refractivity contribution < 1.29 is 105 Å². The Labute approximate surface area is 771 Å². The summed E-state index contributed by atoms with van der Waals surface area (Å²) in [5.41, 5.74) is 20.6. The number of fused-ring (bicyclic) bond motifs is 11. The lowest BCUT2D eigenvalue weighted by atomic mass is 9.75. The van der Waals surface area contributed by atoms with Gasteiger partial charge in [0.2, 0.25) is 0 Å². The minimum absolute atomic E-state index is 0.0168. The monoisotopic (exact) mass is 1830 g/mol. The molecule has 8 aliphatic carbocycles. The standard InChI is InChI=1S/2C35H34N2O7.C30H24O9.C6H14N2/c2*1-13-8-17-25-28-23(15(11-38)9-20(41)26(28)33-32(17)36-18-6-4-5-7-19(18)37-33)24-16(12-39)10-21(42)27-29(24)30(25)31(22(13)14(2)40)35(44-3)34(27)43;1-10-5-14-20-23-18(12(8-31)6-15(34)21(23)27(36)29(14)38-3)19-13(9-32)7-16(35)22-24(19)25(20)26(17(10)11(2)33)30(39-4)28(22)37;7-5-3-1-2-4-6(5)8/h2*8-10,18-19,22,33,37-39,41-43H,4-7,11-12H2,1-3H3;6-7,31-32,36-37H,5,8-9H2,1-4H3;5-6H,1-4,7-8H2/t2*18-,19+,22?,33?;;/m10../s1. The highest BCUT2D eigenvalue weighted by Gasteiger charge is 2.48. The van der Waals surface area contributed by atoms with E-state index in [1.807, 2.05) is 26.0 Å². The molecule has 0 saturated heterocycles. The van der Waals surface area contributed by atoms with Crippen molar-refractivity contribution in [1.29, 1.82) is 0 Å². The second-order valence-electron chi connectivity index (χ2n) is 37.9. The zero-order valence-electron chi connectivity index (χ0n) is 76.3. The number of hydrogen-bond donors (Lipinski definition) is 18. The molecule has 0 bridgehead atoms. The molecule has 10 atom stereocenters. The lowest BCUT2D eigenvalue weighted by molar-refractivity contribution is -0.118. The predicted molar refractivity (Wildman–Crippen MR) is 516 cm³/mol. The maximum Gasteiger partial charge on any atom is 0.190 e. The van der Waals surface area contributed by atoms with Crippen molar-refractivity contribution in [1.82, 2.24) is 10.6 Å². The maximum absolute atomic E-state index is 13.5. The first-order valence-electron chi connectivity index (χ1n) is 46.0. The van der Waals surface area contributed by atoms with E-state index in [0.717, 1.165) is 97.9 Å². The van der Waals surface area contributed by atoms with E-state index in [0.29, 0.717) is 147 Å². The molecule has 698 valence electrons. The van der Waals surface area contributed by atoms with Crippen LogP contribution in [0.5, 0.6) is 69.0 Å². The molecule has 29 nitrogen and oxygen atoms in total. The average Bonchev–Trinajstić information content (AvgIpc) is 1.68. The second kappa shape index (κ2) is 33.3. The molecule has 13 aromatic carbocycles. The topological polar surface area (TPSA) is 506 Å². The van der Waals surface area contributed by atoms with Gasteiger partial charge in [-0.05, 0) is 205 Å². The summed E-state index contributed by atoms with van der Waals surface area (Å²) in [6, 6.07) is 8.47. The zero-order chi connectivity index (χ0) is 95.6. The Morgan fingerprint density at radius 3 is 1.07 bits per heavy atom. The van der Waals surface area contributed by atoms with Crippen molar-refractivity contribution in [3.63, 3.8) is 0 Å². The number of Topliss-reactive ketones (excluding diaryl/α,β-unsaturated/α-hetero) is 3. The molecule has 0 spiro atoms. The van der Waals surface area contributed by atoms with Gasteiger partial charge in [-0.1, -0.05) is 67.4 Å². The number of carbonyl (C=O) groups excluding carboxylic acids is 3. The number of nitrogens with one attached hydrogen (secondary N) is 2. The number of allylic oxidation sites excluding steroid dienone is 6. The molecule has 6 unspecified atom stereocenters. The Hall–Kier alpha value is -12.9. The molecule has 20 N–H and O–H groups in total. The van der Waals surface area contributed by atoms with Crippen molar-refractivity contribution in [2.24, 2.45) is 21.5 Å². The smallest absolute Gasteiger partial charge is 0.190 e. The third kappa shape index (κ3) is 12.7. The number of aromatic hydroxyl groups is 8. The molecule has 23 rings (SSSR count). The molecule has 135 heavy (non-hydrogen) atoms. The van der Waals surface area contributed by atoms with Gasteiger partial charge in [-0.3, -0.25) is 44.6 Å². The van der Waals surface area contributed by atoms with Gasteiger partial charge in [0.1, 0.15) is 34.6 Å². The minimum atomic E-state index is -0.786. The molecule has 2 aliphatic heterocycles. The average molecular weight is 1830 g/mol. The number of phenols is 8. The first-order chi connectivity index (χ1) is 64.8. The highest BCUT2D eigenvalue weighted by atomic mass is 16.5. The number of aliphatic imine (C=N–C) groups is 2. The second-order valence-corrected chi connectivity index (χ2v) is 37.9. The van der Waals surface area contributed by atoms with E-state index in [9.17, 15) is 95.5 Å². The summed E-state index contributed by atoms with van der Waals surface area (Å²) >= 11 is 0. The lowest BCUT2D eigenvalue weighted by Gasteiger charge is -2.41. The van der Waals surface area contributed by atoms with Crippen LogP contribution in [-0.2, 0) is 60.4 Å². The molecular weight excluding hydrogens is 1730 g/mol. The Bertz CT molecular complexity index is 7630. The number of carbonyl (C=O) groups is 3. The molecule has 0 aromatic heterocycles. The number of rotatable bonds is 13. The molecule has 29 heteroatoms. The molecule has 2 heterocycles. The normalized spacial score (nSPS) is 21.8. The fourth-order valence-electron chi connectivity index (χ4n) is 25.3. The van der Waals surface area contributed by atoms with E-state index in [2.05, 4.69) is 10.6 Å². The van der Waals surface area contributed by atoms with Crippen LogP contribution < -0.4 is 62.3 Å². The largest absolute Gasteiger partial charge is 0.508 e. The highest BCUT2D eigenvalue weighted by Crippen LogP contribution is 2.62. The van der Waals surface area contributed by atoms with E-state index in [1.165, 1.54) is 86.3 Å². The fourth-order valence-corrected chi connectivity index (χ4v) is 25.3. The predicted octanol–water partition coefficient (Wildman–Crippen LogP) is 11.8. The number of hydrogen-bond acceptors (Lipinski definition) is 29. The van der Waals surface area contributed by atoms with Gasteiger partial charge in [0.15, 0.2) is 62.6 Å². The third-order valence-corrected chi connectivity index (χ3v) is 30.5. The van der Waals surface area contributed by atoms with Crippen LogP contribution in [0.3, 0.4) is 0 Å². The number of ether oxygens (including phenoxy) is 4. The first-order valence-corrected chi connectivity index (χ1v) is 46.0. The summed E-state index contributed by atoms with van der Waals surface area (Å²) < 4.78 is 22.9. The van der Waals surface area contributed by atoms with Crippen LogP contribution in [0, 0.1) is 0 Å². The van der Waals surface area contributed by atoms with Crippen molar-refractivity contribution in [2.45, 2.75) is 225 Å². The summed E-state index contributed by atoms with van der Waals surface area (Å²) in [7, 11) is 5.53. The highest BCUT2D eigenvalue weighted by molar-refractivity contribution is 6.43. The molecule has 13 aromatic rings. The molecule has 3 fully saturated rings. The summed E-state index contributed by atoms with van der Waals surface area (Å²) in [5, 5.41) is 173. The van der Waals surface area contributed by atoms with E-state index in [4.69, 9.17) is 40.4 Å². The van der Waals surface area contributed by atoms with Crippen LogP contribution in [0.4, 0.5) is 0 Å². The van der Waals surface area contributed by atoms with E-state index in [-0.39, 0.29) is 172 Å². The minimum Gasteiger partial charge on any atom is -0.508 e. The Morgan fingerprint density at radius 2 is 0.711 bits per heavy atom. The summed E-state index contributed by atoms with van der Waals surface area (Å²) in [6.45, 7) is 7.15. The van der Waals surface area contributed by atoms with Crippen molar-refractivity contribution in [3.05, 3.63) is 163 Å². The van der Waals surface area contributed by atoms with E-state index < -0.39 is 80.2 Å². The first kappa shape index (κ1) is 89.9. The molecule has 3 saturated carbocycles. The zero-order valence-corrected chi connectivity index (χ0v) is 76.3. The van der Waals surface area contributed by atoms with Crippen molar-refractivity contribution in [2.75, 3.05) is 28.4 Å². The van der Waals surface area contributed by atoms with Gasteiger partial charge in [0.25, 0.3) is 0 Å². The lowest BCUT2D eigenvalue weighted by Crippen LogP contribution is -2.51. The fraction of sp³-hybridized carbons (Fsp3) is 0.368. The van der Waals surface area contributed by atoms with Gasteiger partial charge >= 0.3 is 0 Å². The molecule has 10 aliphatic rings. The summed E-state index contributed by atoms with van der Waals surface area (Å²) in [5.74, 6) is -4.01. The van der Waals surface area contributed by atoms with Gasteiger partial charge in [0, 0.05) is 122 Å². The summed E-state index contributed by atoms with van der Waals surface area (Å²) in [6.07, 6.45) is 17.1. The van der Waals surface area contributed by atoms with Gasteiger partial charge in [0.05, 0.1) is 137 Å². The number of nitrogens with zero attached hydrogens (tertiary/aromatic N) is 2. The summed E-state index contributed by atoms with van der Waals surface area (Å²) in [4.78, 5) is 77.8. The van der Waals surface area contributed by atoms with Crippen LogP contribution in [0.15, 0.2) is 84.8 Å². The van der Waals surface area contributed by atoms with Crippen LogP contribution in [0.25, 0.3) is 124 Å². The van der Waals surface area contributed by atoms with Crippen molar-refractivity contribution >= 4 is 153 Å². The number of nitrogens with two attached hydrogens (primary N) is 2. The third-order valence-electron chi connectivity index (χ3n) is 30.5. The van der Waals surface area contributed by atoms with E-state index in [1.54, 1.807) is 19.1 Å². The number of benzene rings is 13. The van der Waals surface area contributed by atoms with Gasteiger partial charge in [-0.25, -0.2) is 0 Å². The van der Waals surface area contributed by atoms with E-state index >= 15 is 0 Å².